The monoisotopic (exact) mass is 368 g/mol. The SMILES string of the molecule is CC(C)(C)C(O)c1cc(C(F)(F)F)c(C(F)(F)F)c(C(F)(F)F)c1. The summed E-state index contributed by atoms with van der Waals surface area (Å²) in [5.41, 5.74) is -9.86. The fourth-order valence-corrected chi connectivity index (χ4v) is 2.07. The number of hydrogen-bond donors (Lipinski definition) is 1. The lowest BCUT2D eigenvalue weighted by molar-refractivity contribution is -0.174. The van der Waals surface area contributed by atoms with Gasteiger partial charge in [-0.05, 0) is 23.1 Å². The Morgan fingerprint density at radius 2 is 1.04 bits per heavy atom. The third kappa shape index (κ3) is 4.34. The first-order valence-electron chi connectivity index (χ1n) is 6.44. The van der Waals surface area contributed by atoms with Crippen molar-refractivity contribution in [3.8, 4) is 0 Å². The van der Waals surface area contributed by atoms with E-state index in [1.165, 1.54) is 20.8 Å². The van der Waals surface area contributed by atoms with Crippen molar-refractivity contribution in [2.75, 3.05) is 0 Å². The van der Waals surface area contributed by atoms with Crippen LogP contribution < -0.4 is 0 Å². The van der Waals surface area contributed by atoms with Crippen LogP contribution in [0.5, 0.6) is 0 Å². The highest BCUT2D eigenvalue weighted by molar-refractivity contribution is 5.45. The molecule has 0 amide bonds. The second-order valence-corrected chi connectivity index (χ2v) is 6.25. The molecule has 1 atom stereocenters. The van der Waals surface area contributed by atoms with Crippen molar-refractivity contribution < 1.29 is 44.6 Å². The van der Waals surface area contributed by atoms with Gasteiger partial charge in [-0.2, -0.15) is 39.5 Å². The average Bonchev–Trinajstić information content (AvgIpc) is 2.31. The summed E-state index contributed by atoms with van der Waals surface area (Å²) in [5, 5.41) is 9.92. The van der Waals surface area contributed by atoms with Crippen LogP contribution in [0.1, 0.15) is 49.1 Å². The number of aliphatic hydroxyl groups is 1. The molecule has 10 heteroatoms. The number of benzene rings is 1. The van der Waals surface area contributed by atoms with E-state index in [4.69, 9.17) is 0 Å². The van der Waals surface area contributed by atoms with Crippen molar-refractivity contribution in [3.05, 3.63) is 34.4 Å². The minimum Gasteiger partial charge on any atom is -0.388 e. The van der Waals surface area contributed by atoms with Crippen molar-refractivity contribution in [3.63, 3.8) is 0 Å². The number of halogens is 9. The minimum atomic E-state index is -5.87. The maximum absolute atomic E-state index is 12.9. The van der Waals surface area contributed by atoms with E-state index in [2.05, 4.69) is 0 Å². The highest BCUT2D eigenvalue weighted by Gasteiger charge is 2.50. The van der Waals surface area contributed by atoms with Crippen LogP contribution >= 0.6 is 0 Å². The lowest BCUT2D eigenvalue weighted by Crippen LogP contribution is -2.25. The van der Waals surface area contributed by atoms with Gasteiger partial charge >= 0.3 is 18.5 Å². The zero-order valence-electron chi connectivity index (χ0n) is 12.6. The largest absolute Gasteiger partial charge is 0.417 e. The van der Waals surface area contributed by atoms with Gasteiger partial charge in [0.2, 0.25) is 0 Å². The molecule has 138 valence electrons. The predicted molar refractivity (Wildman–Crippen MR) is 65.9 cm³/mol. The van der Waals surface area contributed by atoms with Crippen LogP contribution in [0.2, 0.25) is 0 Å². The summed E-state index contributed by atoms with van der Waals surface area (Å²) in [6.45, 7) is 3.95. The second-order valence-electron chi connectivity index (χ2n) is 6.25. The Kier molecular flexibility index (Phi) is 4.99. The highest BCUT2D eigenvalue weighted by Crippen LogP contribution is 2.48. The van der Waals surface area contributed by atoms with Gasteiger partial charge in [-0.3, -0.25) is 0 Å². The van der Waals surface area contributed by atoms with E-state index < -0.39 is 52.3 Å². The number of alkyl halides is 9. The molecule has 0 aromatic heterocycles. The van der Waals surface area contributed by atoms with Gasteiger partial charge in [-0.15, -0.1) is 0 Å². The Hall–Kier alpha value is -1.45. The summed E-state index contributed by atoms with van der Waals surface area (Å²) in [4.78, 5) is 0. The smallest absolute Gasteiger partial charge is 0.388 e. The van der Waals surface area contributed by atoms with E-state index in [1.807, 2.05) is 0 Å². The zero-order chi connectivity index (χ0) is 19.3. The molecule has 1 unspecified atom stereocenters. The lowest BCUT2D eigenvalue weighted by Gasteiger charge is -2.29. The van der Waals surface area contributed by atoms with Crippen LogP contribution in [0.15, 0.2) is 12.1 Å². The molecule has 0 bridgehead atoms. The van der Waals surface area contributed by atoms with Crippen LogP contribution in [-0.4, -0.2) is 5.11 Å². The second kappa shape index (κ2) is 5.82. The van der Waals surface area contributed by atoms with Crippen LogP contribution in [0, 0.1) is 5.41 Å². The van der Waals surface area contributed by atoms with Crippen molar-refractivity contribution in [2.24, 2.45) is 5.41 Å². The van der Waals surface area contributed by atoms with Crippen molar-refractivity contribution in [1.82, 2.24) is 0 Å². The molecule has 0 aliphatic heterocycles. The first kappa shape index (κ1) is 20.6. The van der Waals surface area contributed by atoms with Gasteiger partial charge in [0, 0.05) is 0 Å². The normalized spacial score (nSPS) is 15.5. The van der Waals surface area contributed by atoms with Gasteiger partial charge in [0.25, 0.3) is 0 Å². The van der Waals surface area contributed by atoms with Crippen LogP contribution in [0.3, 0.4) is 0 Å². The first-order valence-corrected chi connectivity index (χ1v) is 6.44. The molecule has 1 N–H and O–H groups in total. The molecule has 1 aromatic carbocycles. The Morgan fingerprint density at radius 3 is 1.25 bits per heavy atom. The standard InChI is InChI=1S/C14H13F9O/c1-11(2,3)10(24)6-4-7(12(15,16)17)9(14(21,22)23)8(5-6)13(18,19)20/h4-5,10,24H,1-3H3. The van der Waals surface area contributed by atoms with E-state index in [-0.39, 0.29) is 12.1 Å². The van der Waals surface area contributed by atoms with Crippen LogP contribution in [0.25, 0.3) is 0 Å². The molecule has 0 spiro atoms. The maximum atomic E-state index is 12.9. The van der Waals surface area contributed by atoms with Gasteiger partial charge in [0.15, 0.2) is 0 Å². The molecule has 0 fully saturated rings. The molecule has 1 nitrogen and oxygen atoms in total. The van der Waals surface area contributed by atoms with E-state index in [9.17, 15) is 44.6 Å². The zero-order valence-corrected chi connectivity index (χ0v) is 12.6. The molecule has 1 aromatic rings. The fraction of sp³-hybridized carbons (Fsp3) is 0.571. The van der Waals surface area contributed by atoms with Gasteiger partial charge < -0.3 is 5.11 Å². The molecule has 0 radical (unpaired) electrons. The summed E-state index contributed by atoms with van der Waals surface area (Å²) in [7, 11) is 0. The van der Waals surface area contributed by atoms with Crippen molar-refractivity contribution in [2.45, 2.75) is 45.4 Å². The number of aliphatic hydroxyl groups excluding tert-OH is 1. The molecular formula is C14H13F9O. The molecule has 0 saturated carbocycles. The molecule has 0 aliphatic carbocycles. The van der Waals surface area contributed by atoms with E-state index >= 15 is 0 Å². The maximum Gasteiger partial charge on any atom is 0.417 e. The van der Waals surface area contributed by atoms with E-state index in [1.54, 1.807) is 0 Å². The molecule has 0 saturated heterocycles. The Labute approximate surface area is 131 Å². The Balaban J connectivity index is 3.91. The first-order chi connectivity index (χ1) is 10.4. The highest BCUT2D eigenvalue weighted by atomic mass is 19.4. The molecule has 24 heavy (non-hydrogen) atoms. The molecule has 1 rings (SSSR count). The predicted octanol–water partition coefficient (Wildman–Crippen LogP) is 5.82. The average molecular weight is 368 g/mol. The van der Waals surface area contributed by atoms with E-state index in [0.29, 0.717) is 0 Å². The Bertz CT molecular complexity index is 568. The van der Waals surface area contributed by atoms with Crippen molar-refractivity contribution >= 4 is 0 Å². The van der Waals surface area contributed by atoms with Gasteiger partial charge in [0.1, 0.15) is 0 Å². The van der Waals surface area contributed by atoms with Crippen molar-refractivity contribution in [1.29, 1.82) is 0 Å². The fourth-order valence-electron chi connectivity index (χ4n) is 2.07. The third-order valence-corrected chi connectivity index (χ3v) is 3.19. The molecular weight excluding hydrogens is 355 g/mol. The third-order valence-electron chi connectivity index (χ3n) is 3.19. The lowest BCUT2D eigenvalue weighted by atomic mass is 9.82. The number of hydrogen-bond acceptors (Lipinski definition) is 1. The van der Waals surface area contributed by atoms with Gasteiger partial charge in [0.05, 0.1) is 22.8 Å². The number of rotatable bonds is 1. The topological polar surface area (TPSA) is 20.2 Å². The summed E-state index contributed by atoms with van der Waals surface area (Å²) in [6, 6.07) is -0.179. The minimum absolute atomic E-state index is 0.0893. The summed E-state index contributed by atoms with van der Waals surface area (Å²) < 4.78 is 116. The molecule has 0 heterocycles. The quantitative estimate of drug-likeness (QED) is 0.619. The van der Waals surface area contributed by atoms with Gasteiger partial charge in [-0.1, -0.05) is 20.8 Å². The Morgan fingerprint density at radius 1 is 0.708 bits per heavy atom. The summed E-state index contributed by atoms with van der Waals surface area (Å²) in [5.74, 6) is 0. The summed E-state index contributed by atoms with van der Waals surface area (Å²) in [6.07, 6.45) is -19.1. The van der Waals surface area contributed by atoms with Gasteiger partial charge in [-0.25, -0.2) is 0 Å². The van der Waals surface area contributed by atoms with Crippen LogP contribution in [-0.2, 0) is 18.5 Å². The van der Waals surface area contributed by atoms with Crippen LogP contribution in [0.4, 0.5) is 39.5 Å². The van der Waals surface area contributed by atoms with E-state index in [0.717, 1.165) is 0 Å². The molecule has 0 aliphatic rings. The summed E-state index contributed by atoms with van der Waals surface area (Å²) >= 11 is 0.